The van der Waals surface area contributed by atoms with Crippen LogP contribution in [0.15, 0.2) is 63.3 Å². The molecule has 0 aromatic carbocycles. The molecule has 8 rings (SSSR count). The van der Waals surface area contributed by atoms with E-state index in [1.165, 1.54) is 95.2 Å². The van der Waals surface area contributed by atoms with E-state index in [0.29, 0.717) is 0 Å². The summed E-state index contributed by atoms with van der Waals surface area (Å²) in [5.41, 5.74) is 11.5. The normalized spacial score (nSPS) is 22.7. The first-order valence-corrected chi connectivity index (χ1v) is 18.7. The van der Waals surface area contributed by atoms with E-state index in [1.807, 2.05) is 22.7 Å². The van der Waals surface area contributed by atoms with Crippen molar-refractivity contribution in [3.8, 4) is 24.3 Å². The molecule has 2 heterocycles. The number of hydrogen-bond acceptors (Lipinski definition) is 6. The first kappa shape index (κ1) is 29.5. The molecule has 4 nitrogen and oxygen atoms in total. The van der Waals surface area contributed by atoms with Crippen LogP contribution in [-0.4, -0.2) is 0 Å². The molecule has 6 aliphatic carbocycles. The van der Waals surface area contributed by atoms with Crippen molar-refractivity contribution in [2.24, 2.45) is 5.41 Å². The molecule has 0 radical (unpaired) electrons. The Labute approximate surface area is 279 Å². The van der Waals surface area contributed by atoms with E-state index in [9.17, 15) is 21.0 Å². The SMILES string of the molecule is N#CC(C#N)=C1C=C(C2=CC3=C(c4sc5cc(C6=CC(=C(C#N)C#N)CCC6)sc5c4C34CCCCC4)C23CCCCC3)CCC1. The van der Waals surface area contributed by atoms with Gasteiger partial charge in [-0.25, -0.2) is 0 Å². The molecule has 2 aromatic rings. The number of nitriles is 4. The quantitative estimate of drug-likeness (QED) is 0.306. The summed E-state index contributed by atoms with van der Waals surface area (Å²) in [7, 11) is 0. The Hall–Kier alpha value is -3.94. The van der Waals surface area contributed by atoms with Gasteiger partial charge in [0.05, 0.1) is 4.70 Å². The second kappa shape index (κ2) is 11.4. The van der Waals surface area contributed by atoms with Crippen LogP contribution < -0.4 is 0 Å². The molecule has 228 valence electrons. The number of thiophene rings is 2. The van der Waals surface area contributed by atoms with Gasteiger partial charge in [0, 0.05) is 25.3 Å². The number of fused-ring (bicyclic) bond motifs is 7. The molecule has 0 unspecified atom stereocenters. The highest BCUT2D eigenvalue weighted by Crippen LogP contribution is 2.71. The summed E-state index contributed by atoms with van der Waals surface area (Å²) in [6, 6.07) is 11.0. The third kappa shape index (κ3) is 4.24. The second-order valence-electron chi connectivity index (χ2n) is 14.0. The lowest BCUT2D eigenvalue weighted by Gasteiger charge is -2.40. The van der Waals surface area contributed by atoms with E-state index in [1.54, 1.807) is 21.6 Å². The van der Waals surface area contributed by atoms with E-state index < -0.39 is 0 Å². The minimum Gasteiger partial charge on any atom is -0.192 e. The molecule has 6 aliphatic rings. The number of allylic oxidation sites excluding steroid dienone is 12. The van der Waals surface area contributed by atoms with Crippen LogP contribution in [0.3, 0.4) is 0 Å². The highest BCUT2D eigenvalue weighted by Gasteiger charge is 2.57. The number of hydrogen-bond donors (Lipinski definition) is 0. The van der Waals surface area contributed by atoms with Gasteiger partial charge in [-0.3, -0.25) is 0 Å². The maximum atomic E-state index is 9.68. The van der Waals surface area contributed by atoms with Crippen molar-refractivity contribution in [2.45, 2.75) is 108 Å². The van der Waals surface area contributed by atoms with E-state index >= 15 is 0 Å². The fourth-order valence-electron chi connectivity index (χ4n) is 9.79. The maximum Gasteiger partial charge on any atom is 0.132 e. The zero-order valence-electron chi connectivity index (χ0n) is 26.2. The summed E-state index contributed by atoms with van der Waals surface area (Å²) in [6.45, 7) is 0. The standard InChI is InChI=1S/C40H36N4S2/c41-21-29(22-42)25-9-7-11-27(17-25)31-19-32-35(39(31)13-3-1-4-14-39)38-36(40(32)15-5-2-6-16-40)37-34(46-38)20-33(45-37)28-12-8-10-26(18-28)30(23-43)24-44/h17-20H,1-16H2. The first-order chi connectivity index (χ1) is 22.6. The topological polar surface area (TPSA) is 95.2 Å². The van der Waals surface area contributed by atoms with E-state index in [2.05, 4.69) is 48.6 Å². The Morgan fingerprint density at radius 3 is 1.78 bits per heavy atom. The van der Waals surface area contributed by atoms with Crippen LogP contribution in [-0.2, 0) is 5.41 Å². The predicted octanol–water partition coefficient (Wildman–Crippen LogP) is 11.2. The molecule has 2 aromatic heterocycles. The van der Waals surface area contributed by atoms with Gasteiger partial charge in [-0.2, -0.15) is 21.0 Å². The summed E-state index contributed by atoms with van der Waals surface area (Å²) in [4.78, 5) is 2.85. The second-order valence-corrected chi connectivity index (χ2v) is 16.1. The predicted molar refractivity (Wildman–Crippen MR) is 185 cm³/mol. The molecular formula is C40H36N4S2. The number of nitrogens with zero attached hydrogens (tertiary/aromatic N) is 4. The Balaban J connectivity index is 1.29. The summed E-state index contributed by atoms with van der Waals surface area (Å²) in [6.07, 6.45) is 25.0. The van der Waals surface area contributed by atoms with Crippen LogP contribution in [0.4, 0.5) is 0 Å². The molecule has 2 spiro atoms. The van der Waals surface area contributed by atoms with Crippen LogP contribution in [0.25, 0.3) is 20.5 Å². The molecule has 0 atom stereocenters. The third-order valence-electron chi connectivity index (χ3n) is 11.8. The molecule has 0 bridgehead atoms. The summed E-state index contributed by atoms with van der Waals surface area (Å²) >= 11 is 3.97. The van der Waals surface area contributed by atoms with E-state index in [4.69, 9.17) is 0 Å². The molecule has 2 fully saturated rings. The van der Waals surface area contributed by atoms with Gasteiger partial charge in [-0.05, 0) is 115 Å². The lowest BCUT2D eigenvalue weighted by molar-refractivity contribution is 0.325. The van der Waals surface area contributed by atoms with Crippen molar-refractivity contribution in [2.75, 3.05) is 0 Å². The van der Waals surface area contributed by atoms with Gasteiger partial charge >= 0.3 is 0 Å². The minimum absolute atomic E-state index is 0.0311. The van der Waals surface area contributed by atoms with Crippen LogP contribution >= 0.6 is 22.7 Å². The van der Waals surface area contributed by atoms with Crippen LogP contribution in [0.5, 0.6) is 0 Å². The summed E-state index contributed by atoms with van der Waals surface area (Å²) < 4.78 is 2.87. The maximum absolute atomic E-state index is 9.68. The highest BCUT2D eigenvalue weighted by atomic mass is 32.1. The molecule has 2 saturated carbocycles. The monoisotopic (exact) mass is 636 g/mol. The fraction of sp³-hybridized carbons (Fsp3) is 0.450. The fourth-order valence-corrected chi connectivity index (χ4v) is 12.8. The van der Waals surface area contributed by atoms with Gasteiger partial charge in [0.25, 0.3) is 0 Å². The molecule has 0 aliphatic heterocycles. The minimum atomic E-state index is 0.0311. The Kier molecular flexibility index (Phi) is 7.29. The largest absolute Gasteiger partial charge is 0.192 e. The van der Waals surface area contributed by atoms with Crippen molar-refractivity contribution in [1.82, 2.24) is 0 Å². The zero-order valence-corrected chi connectivity index (χ0v) is 27.9. The van der Waals surface area contributed by atoms with E-state index in [0.717, 1.165) is 49.7 Å². The van der Waals surface area contributed by atoms with Gasteiger partial charge < -0.3 is 0 Å². The average Bonchev–Trinajstić information content (AvgIpc) is 3.81. The third-order valence-corrected chi connectivity index (χ3v) is 14.3. The van der Waals surface area contributed by atoms with Crippen LogP contribution in [0, 0.1) is 50.7 Å². The molecular weight excluding hydrogens is 601 g/mol. The Bertz CT molecular complexity index is 2010. The summed E-state index contributed by atoms with van der Waals surface area (Å²) in [5.74, 6) is 0. The van der Waals surface area contributed by atoms with Gasteiger partial charge in [0.15, 0.2) is 0 Å². The lowest BCUT2D eigenvalue weighted by atomic mass is 9.63. The van der Waals surface area contributed by atoms with E-state index in [-0.39, 0.29) is 22.0 Å². The average molecular weight is 637 g/mol. The van der Waals surface area contributed by atoms with Gasteiger partial charge in [-0.1, -0.05) is 56.8 Å². The van der Waals surface area contributed by atoms with Gasteiger partial charge in [0.1, 0.15) is 35.4 Å². The summed E-state index contributed by atoms with van der Waals surface area (Å²) in [5, 5.41) is 38.4. The molecule has 0 N–H and O–H groups in total. The first-order valence-electron chi connectivity index (χ1n) is 17.1. The molecule has 46 heavy (non-hydrogen) atoms. The van der Waals surface area contributed by atoms with Crippen molar-refractivity contribution in [3.05, 3.63) is 78.6 Å². The molecule has 0 saturated heterocycles. The molecule has 6 heteroatoms. The highest BCUT2D eigenvalue weighted by molar-refractivity contribution is 7.29. The van der Waals surface area contributed by atoms with Crippen molar-refractivity contribution in [1.29, 1.82) is 21.0 Å². The van der Waals surface area contributed by atoms with Crippen molar-refractivity contribution >= 4 is 43.2 Å². The zero-order chi connectivity index (χ0) is 31.5. The lowest BCUT2D eigenvalue weighted by Crippen LogP contribution is -2.28. The van der Waals surface area contributed by atoms with Crippen LogP contribution in [0.2, 0.25) is 0 Å². The van der Waals surface area contributed by atoms with Crippen molar-refractivity contribution < 1.29 is 0 Å². The van der Waals surface area contributed by atoms with Crippen LogP contribution in [0.1, 0.15) is 118 Å². The smallest absolute Gasteiger partial charge is 0.132 e. The Morgan fingerprint density at radius 1 is 0.609 bits per heavy atom. The number of rotatable bonds is 2. The Morgan fingerprint density at radius 2 is 1.17 bits per heavy atom. The van der Waals surface area contributed by atoms with Crippen molar-refractivity contribution in [3.63, 3.8) is 0 Å². The molecule has 0 amide bonds. The van der Waals surface area contributed by atoms with Gasteiger partial charge in [-0.15, -0.1) is 22.7 Å². The van der Waals surface area contributed by atoms with Gasteiger partial charge in [0.2, 0.25) is 0 Å².